The summed E-state index contributed by atoms with van der Waals surface area (Å²) in [6.07, 6.45) is 4.92. The number of anilines is 1. The first-order valence-corrected chi connectivity index (χ1v) is 10.2. The Kier molecular flexibility index (Phi) is 6.48. The van der Waals surface area contributed by atoms with Crippen molar-refractivity contribution in [3.05, 3.63) is 51.3 Å². The van der Waals surface area contributed by atoms with Crippen molar-refractivity contribution < 1.29 is 28.6 Å². The molecule has 0 radical (unpaired) electrons. The number of thiophene rings is 1. The number of hydrogen-bond donors (Lipinski definition) is 1. The number of nitrogens with zero attached hydrogens (tertiary/aromatic N) is 1. The first kappa shape index (κ1) is 20.8. The van der Waals surface area contributed by atoms with Crippen molar-refractivity contribution in [2.45, 2.75) is 33.1 Å². The molecule has 0 aromatic carbocycles. The third kappa shape index (κ3) is 4.92. The summed E-state index contributed by atoms with van der Waals surface area (Å²) in [4.78, 5) is 37.8. The number of nitrogens with one attached hydrogen (secondary N) is 1. The largest absolute Gasteiger partial charge is 0.619 e. The van der Waals surface area contributed by atoms with Crippen LogP contribution in [0.25, 0.3) is 0 Å². The molecule has 0 fully saturated rings. The molecule has 1 atom stereocenters. The zero-order chi connectivity index (χ0) is 21.0. The summed E-state index contributed by atoms with van der Waals surface area (Å²) in [5.74, 6) is -1.21. The van der Waals surface area contributed by atoms with Crippen molar-refractivity contribution in [2.24, 2.45) is 5.92 Å². The summed E-state index contributed by atoms with van der Waals surface area (Å²) in [6.45, 7) is 3.62. The lowest BCUT2D eigenvalue weighted by Crippen LogP contribution is -2.25. The van der Waals surface area contributed by atoms with Crippen LogP contribution in [-0.2, 0) is 27.1 Å². The van der Waals surface area contributed by atoms with Gasteiger partial charge in [0.2, 0.25) is 0 Å². The first-order valence-electron chi connectivity index (χ1n) is 9.36. The molecule has 154 valence electrons. The molecular weight excluding hydrogens is 396 g/mol. The monoisotopic (exact) mass is 418 g/mol. The average molecular weight is 418 g/mol. The van der Waals surface area contributed by atoms with E-state index in [4.69, 9.17) is 9.47 Å². The summed E-state index contributed by atoms with van der Waals surface area (Å²) in [5.41, 5.74) is 1.51. The molecule has 1 aliphatic carbocycles. The van der Waals surface area contributed by atoms with E-state index in [0.29, 0.717) is 21.2 Å². The molecule has 2 heterocycles. The Hall–Kier alpha value is -2.94. The summed E-state index contributed by atoms with van der Waals surface area (Å²) in [7, 11) is 0. The maximum Gasteiger partial charge on any atom is 0.341 e. The minimum atomic E-state index is -0.717. The van der Waals surface area contributed by atoms with Crippen LogP contribution in [0.15, 0.2) is 24.5 Å². The van der Waals surface area contributed by atoms with Crippen molar-refractivity contribution >= 4 is 34.2 Å². The molecule has 8 nitrogen and oxygen atoms in total. The van der Waals surface area contributed by atoms with Crippen LogP contribution in [0.2, 0.25) is 0 Å². The maximum atomic E-state index is 12.5. The molecule has 0 unspecified atom stereocenters. The van der Waals surface area contributed by atoms with Gasteiger partial charge in [-0.15, -0.1) is 11.3 Å². The number of carbonyl (C=O) groups excluding carboxylic acids is 3. The van der Waals surface area contributed by atoms with Crippen LogP contribution < -0.4 is 10.0 Å². The quantitative estimate of drug-likeness (QED) is 0.439. The molecule has 0 saturated heterocycles. The Morgan fingerprint density at radius 3 is 2.66 bits per heavy atom. The number of pyridine rings is 1. The third-order valence-electron chi connectivity index (χ3n) is 4.62. The molecule has 3 rings (SSSR count). The molecule has 0 spiro atoms. The van der Waals surface area contributed by atoms with Gasteiger partial charge in [0.25, 0.3) is 5.91 Å². The Bertz CT molecular complexity index is 922. The number of amides is 1. The Labute approximate surface area is 172 Å². The fraction of sp³-hybridized carbons (Fsp3) is 0.400. The SMILES string of the molecule is CCOC(=O)c1c(NC(=O)COC(=O)c2cc[n+]([O-])cc2)sc2c1CC[C@@H](C)C2. The highest BCUT2D eigenvalue weighted by Crippen LogP contribution is 2.40. The molecule has 2 aromatic rings. The summed E-state index contributed by atoms with van der Waals surface area (Å²) >= 11 is 1.37. The zero-order valence-corrected chi connectivity index (χ0v) is 17.0. The van der Waals surface area contributed by atoms with Gasteiger partial charge in [0.1, 0.15) is 5.00 Å². The smallest absolute Gasteiger partial charge is 0.341 e. The van der Waals surface area contributed by atoms with Crippen molar-refractivity contribution in [1.82, 2.24) is 0 Å². The van der Waals surface area contributed by atoms with E-state index in [-0.39, 0.29) is 12.2 Å². The van der Waals surface area contributed by atoms with Gasteiger partial charge < -0.3 is 20.0 Å². The van der Waals surface area contributed by atoms with Crippen LogP contribution in [0.1, 0.15) is 51.4 Å². The van der Waals surface area contributed by atoms with Crippen molar-refractivity contribution in [3.63, 3.8) is 0 Å². The van der Waals surface area contributed by atoms with Crippen LogP contribution in [0.4, 0.5) is 5.00 Å². The van der Waals surface area contributed by atoms with E-state index in [9.17, 15) is 19.6 Å². The van der Waals surface area contributed by atoms with Crippen LogP contribution in [-0.4, -0.2) is 31.1 Å². The summed E-state index contributed by atoms with van der Waals surface area (Å²) in [6, 6.07) is 2.61. The van der Waals surface area contributed by atoms with Gasteiger partial charge in [0, 0.05) is 17.0 Å². The highest BCUT2D eigenvalue weighted by atomic mass is 32.1. The minimum absolute atomic E-state index is 0.165. The number of hydrogen-bond acceptors (Lipinski definition) is 7. The number of fused-ring (bicyclic) bond motifs is 1. The van der Waals surface area contributed by atoms with Crippen molar-refractivity contribution in [3.8, 4) is 0 Å². The topological polar surface area (TPSA) is 109 Å². The summed E-state index contributed by atoms with van der Waals surface area (Å²) in [5, 5.41) is 14.1. The van der Waals surface area contributed by atoms with E-state index < -0.39 is 24.5 Å². The van der Waals surface area contributed by atoms with Crippen molar-refractivity contribution in [2.75, 3.05) is 18.5 Å². The van der Waals surface area contributed by atoms with Gasteiger partial charge in [0.05, 0.1) is 17.7 Å². The van der Waals surface area contributed by atoms with Crippen molar-refractivity contribution in [1.29, 1.82) is 0 Å². The fourth-order valence-corrected chi connectivity index (χ4v) is 4.60. The lowest BCUT2D eigenvalue weighted by atomic mass is 9.88. The van der Waals surface area contributed by atoms with Crippen LogP contribution in [0.3, 0.4) is 0 Å². The predicted octanol–water partition coefficient (Wildman–Crippen LogP) is 2.48. The second-order valence-electron chi connectivity index (χ2n) is 6.85. The number of ether oxygens (including phenoxy) is 2. The molecule has 1 N–H and O–H groups in total. The lowest BCUT2D eigenvalue weighted by Gasteiger charge is -2.18. The molecule has 0 saturated carbocycles. The maximum absolute atomic E-state index is 12.5. The van der Waals surface area contributed by atoms with Gasteiger partial charge in [-0.1, -0.05) is 6.92 Å². The molecule has 0 aliphatic heterocycles. The van der Waals surface area contributed by atoms with E-state index in [1.54, 1.807) is 6.92 Å². The molecule has 0 bridgehead atoms. The van der Waals surface area contributed by atoms with Gasteiger partial charge in [-0.3, -0.25) is 4.79 Å². The Balaban J connectivity index is 1.70. The van der Waals surface area contributed by atoms with E-state index in [1.165, 1.54) is 35.9 Å². The number of rotatable bonds is 6. The Morgan fingerprint density at radius 1 is 1.24 bits per heavy atom. The first-order chi connectivity index (χ1) is 13.9. The second kappa shape index (κ2) is 9.04. The van der Waals surface area contributed by atoms with Crippen LogP contribution in [0.5, 0.6) is 0 Å². The predicted molar refractivity (Wildman–Crippen MR) is 106 cm³/mol. The standard InChI is InChI=1S/C20H22N2O6S/c1-3-27-20(25)17-14-5-4-12(2)10-15(14)29-18(17)21-16(23)11-28-19(24)13-6-8-22(26)9-7-13/h6-9,12H,3-5,10-11H2,1-2H3,(H,21,23)/t12-/m1/s1. The number of aromatic nitrogens is 1. The van der Waals surface area contributed by atoms with E-state index in [2.05, 4.69) is 12.2 Å². The second-order valence-corrected chi connectivity index (χ2v) is 7.95. The number of carbonyl (C=O) groups is 3. The molecule has 2 aromatic heterocycles. The van der Waals surface area contributed by atoms with Crippen LogP contribution >= 0.6 is 11.3 Å². The average Bonchev–Trinajstić information content (AvgIpc) is 3.03. The van der Waals surface area contributed by atoms with Gasteiger partial charge in [-0.05, 0) is 37.7 Å². The highest BCUT2D eigenvalue weighted by molar-refractivity contribution is 7.17. The molecule has 1 amide bonds. The van der Waals surface area contributed by atoms with E-state index in [1.807, 2.05) is 0 Å². The lowest BCUT2D eigenvalue weighted by molar-refractivity contribution is -0.605. The van der Waals surface area contributed by atoms with Gasteiger partial charge in [0.15, 0.2) is 19.0 Å². The highest BCUT2D eigenvalue weighted by Gasteiger charge is 2.29. The fourth-order valence-electron chi connectivity index (χ4n) is 3.18. The van der Waals surface area contributed by atoms with Gasteiger partial charge in [-0.2, -0.15) is 4.73 Å². The van der Waals surface area contributed by atoms with E-state index >= 15 is 0 Å². The third-order valence-corrected chi connectivity index (χ3v) is 5.79. The molecule has 9 heteroatoms. The van der Waals surface area contributed by atoms with Crippen LogP contribution in [0, 0.1) is 11.1 Å². The minimum Gasteiger partial charge on any atom is -0.619 e. The Morgan fingerprint density at radius 2 is 1.97 bits per heavy atom. The van der Waals surface area contributed by atoms with Gasteiger partial charge in [-0.25, -0.2) is 9.59 Å². The summed E-state index contributed by atoms with van der Waals surface area (Å²) < 4.78 is 10.7. The molecule has 1 aliphatic rings. The molecular formula is C20H22N2O6S. The van der Waals surface area contributed by atoms with Gasteiger partial charge >= 0.3 is 11.9 Å². The number of esters is 2. The molecule has 29 heavy (non-hydrogen) atoms. The normalized spacial score (nSPS) is 15.3. The van der Waals surface area contributed by atoms with E-state index in [0.717, 1.165) is 29.7 Å². The zero-order valence-electron chi connectivity index (χ0n) is 16.2.